The molecule has 1 aromatic heterocycles. The number of esters is 1. The lowest BCUT2D eigenvalue weighted by Gasteiger charge is -2.13. The van der Waals surface area contributed by atoms with Gasteiger partial charge in [0, 0.05) is 35.9 Å². The summed E-state index contributed by atoms with van der Waals surface area (Å²) in [6.07, 6.45) is 3.97. The molecule has 3 aromatic rings. The number of carbonyl (C=O) groups is 1. The van der Waals surface area contributed by atoms with Gasteiger partial charge in [0.05, 0.1) is 12.3 Å². The highest BCUT2D eigenvalue weighted by molar-refractivity contribution is 5.86. The van der Waals surface area contributed by atoms with E-state index >= 15 is 0 Å². The Bertz CT molecular complexity index is 995. The van der Waals surface area contributed by atoms with Crippen LogP contribution in [-0.2, 0) is 22.4 Å². The number of aromatic nitrogens is 1. The van der Waals surface area contributed by atoms with Crippen molar-refractivity contribution in [3.05, 3.63) is 90.1 Å². The van der Waals surface area contributed by atoms with Gasteiger partial charge in [0.2, 0.25) is 0 Å². The molecule has 1 N–H and O–H groups in total. The molecule has 0 saturated carbocycles. The van der Waals surface area contributed by atoms with E-state index < -0.39 is 0 Å². The van der Waals surface area contributed by atoms with Gasteiger partial charge in [0.25, 0.3) is 0 Å². The largest absolute Gasteiger partial charge is 0.462 e. The quantitative estimate of drug-likeness (QED) is 0.405. The van der Waals surface area contributed by atoms with Crippen LogP contribution in [-0.4, -0.2) is 29.3 Å². The van der Waals surface area contributed by atoms with Crippen LogP contribution in [0.2, 0.25) is 0 Å². The number of aliphatic hydroxyl groups excluding tert-OH is 1. The fourth-order valence-corrected chi connectivity index (χ4v) is 3.27. The zero-order valence-electron chi connectivity index (χ0n) is 17.3. The monoisotopic (exact) mass is 401 g/mol. The molecule has 0 aliphatic rings. The Hall–Kier alpha value is -3.24. The number of carbonyl (C=O) groups excluding carboxylic acids is 1. The lowest BCUT2D eigenvalue weighted by atomic mass is 9.96. The SMILES string of the molecule is C=C(C)C(=O)OCCc1cc(-c2ccc(-c3ccccc3)cn2)ccc1CCCO. The summed E-state index contributed by atoms with van der Waals surface area (Å²) in [6, 6.07) is 20.5. The zero-order chi connectivity index (χ0) is 21.3. The first-order valence-corrected chi connectivity index (χ1v) is 10.2. The zero-order valence-corrected chi connectivity index (χ0v) is 17.3. The molecule has 0 fully saturated rings. The maximum Gasteiger partial charge on any atom is 0.333 e. The van der Waals surface area contributed by atoms with Gasteiger partial charge in [-0.05, 0) is 48.6 Å². The smallest absolute Gasteiger partial charge is 0.333 e. The summed E-state index contributed by atoms with van der Waals surface area (Å²) in [6.45, 7) is 5.69. The van der Waals surface area contributed by atoms with Gasteiger partial charge in [-0.3, -0.25) is 4.98 Å². The maximum absolute atomic E-state index is 11.7. The van der Waals surface area contributed by atoms with E-state index in [1.54, 1.807) is 6.92 Å². The number of hydrogen-bond donors (Lipinski definition) is 1. The third-order valence-electron chi connectivity index (χ3n) is 4.93. The van der Waals surface area contributed by atoms with Gasteiger partial charge in [-0.15, -0.1) is 0 Å². The standard InChI is InChI=1S/C26H27NO3/c1-19(2)26(29)30-16-14-22-17-23(11-10-21(22)9-6-15-28)25-13-12-24(18-27-25)20-7-4-3-5-8-20/h3-5,7-8,10-13,17-18,28H,1,6,9,14-16H2,2H3. The topological polar surface area (TPSA) is 59.4 Å². The molecule has 0 aliphatic heterocycles. The summed E-state index contributed by atoms with van der Waals surface area (Å²) in [4.78, 5) is 16.3. The predicted molar refractivity (Wildman–Crippen MR) is 120 cm³/mol. The summed E-state index contributed by atoms with van der Waals surface area (Å²) in [5, 5.41) is 9.19. The van der Waals surface area contributed by atoms with E-state index in [-0.39, 0.29) is 12.6 Å². The molecule has 0 amide bonds. The Morgan fingerprint density at radius 2 is 1.73 bits per heavy atom. The van der Waals surface area contributed by atoms with Crippen LogP contribution in [0.1, 0.15) is 24.5 Å². The number of rotatable bonds is 9. The molecule has 0 spiro atoms. The highest BCUT2D eigenvalue weighted by Gasteiger charge is 2.09. The second-order valence-corrected chi connectivity index (χ2v) is 7.28. The van der Waals surface area contributed by atoms with Crippen molar-refractivity contribution in [3.63, 3.8) is 0 Å². The molecule has 0 saturated heterocycles. The number of aryl methyl sites for hydroxylation is 1. The third-order valence-corrected chi connectivity index (χ3v) is 4.93. The molecule has 30 heavy (non-hydrogen) atoms. The Labute approximate surface area is 177 Å². The molecular formula is C26H27NO3. The van der Waals surface area contributed by atoms with E-state index in [4.69, 9.17) is 4.74 Å². The lowest BCUT2D eigenvalue weighted by Crippen LogP contribution is -2.09. The normalized spacial score (nSPS) is 10.6. The van der Waals surface area contributed by atoms with Crippen LogP contribution in [0.15, 0.2) is 79.0 Å². The second kappa shape index (κ2) is 10.5. The molecule has 0 radical (unpaired) electrons. The lowest BCUT2D eigenvalue weighted by molar-refractivity contribution is -0.138. The van der Waals surface area contributed by atoms with Gasteiger partial charge in [-0.1, -0.05) is 55.1 Å². The van der Waals surface area contributed by atoms with Crippen LogP contribution < -0.4 is 0 Å². The second-order valence-electron chi connectivity index (χ2n) is 7.28. The molecule has 2 aromatic carbocycles. The van der Waals surface area contributed by atoms with Crippen molar-refractivity contribution >= 4 is 5.97 Å². The summed E-state index contributed by atoms with van der Waals surface area (Å²) in [7, 11) is 0. The minimum Gasteiger partial charge on any atom is -0.462 e. The molecule has 3 rings (SSSR count). The Kier molecular flexibility index (Phi) is 7.52. The van der Waals surface area contributed by atoms with Crippen molar-refractivity contribution in [2.24, 2.45) is 0 Å². The van der Waals surface area contributed by atoms with Crippen LogP contribution in [0, 0.1) is 0 Å². The van der Waals surface area contributed by atoms with Gasteiger partial charge in [-0.2, -0.15) is 0 Å². The van der Waals surface area contributed by atoms with Crippen molar-refractivity contribution in [1.29, 1.82) is 0 Å². The summed E-state index contributed by atoms with van der Waals surface area (Å²) < 4.78 is 5.27. The van der Waals surface area contributed by atoms with E-state index in [1.165, 1.54) is 0 Å². The minimum atomic E-state index is -0.374. The summed E-state index contributed by atoms with van der Waals surface area (Å²) in [5.41, 5.74) is 6.77. The van der Waals surface area contributed by atoms with Gasteiger partial charge in [0.1, 0.15) is 0 Å². The van der Waals surface area contributed by atoms with E-state index in [1.807, 2.05) is 30.5 Å². The van der Waals surface area contributed by atoms with Gasteiger partial charge in [-0.25, -0.2) is 4.79 Å². The fraction of sp³-hybridized carbons (Fsp3) is 0.231. The first-order chi connectivity index (χ1) is 14.6. The van der Waals surface area contributed by atoms with Crippen LogP contribution in [0.5, 0.6) is 0 Å². The number of aliphatic hydroxyl groups is 1. The molecule has 0 aliphatic carbocycles. The van der Waals surface area contributed by atoms with E-state index in [0.717, 1.165) is 39.9 Å². The first kappa shape index (κ1) is 21.5. The summed E-state index contributed by atoms with van der Waals surface area (Å²) >= 11 is 0. The van der Waals surface area contributed by atoms with Crippen molar-refractivity contribution in [2.75, 3.05) is 13.2 Å². The Morgan fingerprint density at radius 3 is 2.40 bits per heavy atom. The average Bonchev–Trinajstić information content (AvgIpc) is 2.78. The number of benzene rings is 2. The molecule has 0 bridgehead atoms. The third kappa shape index (κ3) is 5.65. The van der Waals surface area contributed by atoms with Crippen molar-refractivity contribution in [2.45, 2.75) is 26.2 Å². The highest BCUT2D eigenvalue weighted by atomic mass is 16.5. The molecule has 0 atom stereocenters. The molecule has 1 heterocycles. The minimum absolute atomic E-state index is 0.147. The highest BCUT2D eigenvalue weighted by Crippen LogP contribution is 2.25. The van der Waals surface area contributed by atoms with E-state index in [2.05, 4.69) is 48.0 Å². The number of nitrogens with zero attached hydrogens (tertiary/aromatic N) is 1. The van der Waals surface area contributed by atoms with E-state index in [0.29, 0.717) is 25.0 Å². The summed E-state index contributed by atoms with van der Waals surface area (Å²) in [5.74, 6) is -0.374. The molecular weight excluding hydrogens is 374 g/mol. The molecule has 4 heteroatoms. The van der Waals surface area contributed by atoms with Crippen LogP contribution >= 0.6 is 0 Å². The van der Waals surface area contributed by atoms with Crippen LogP contribution in [0.25, 0.3) is 22.4 Å². The maximum atomic E-state index is 11.7. The van der Waals surface area contributed by atoms with Crippen molar-refractivity contribution in [1.82, 2.24) is 4.98 Å². The molecule has 4 nitrogen and oxygen atoms in total. The van der Waals surface area contributed by atoms with Gasteiger partial charge in [0.15, 0.2) is 0 Å². The average molecular weight is 402 g/mol. The van der Waals surface area contributed by atoms with Crippen molar-refractivity contribution < 1.29 is 14.6 Å². The van der Waals surface area contributed by atoms with Crippen molar-refractivity contribution in [3.8, 4) is 22.4 Å². The van der Waals surface area contributed by atoms with Gasteiger partial charge < -0.3 is 9.84 Å². The van der Waals surface area contributed by atoms with Crippen LogP contribution in [0.4, 0.5) is 0 Å². The number of pyridine rings is 1. The number of hydrogen-bond acceptors (Lipinski definition) is 4. The predicted octanol–water partition coefficient (Wildman–Crippen LogP) is 5.00. The Morgan fingerprint density at radius 1 is 0.967 bits per heavy atom. The van der Waals surface area contributed by atoms with E-state index in [9.17, 15) is 9.90 Å². The fourth-order valence-electron chi connectivity index (χ4n) is 3.27. The molecule has 0 unspecified atom stereocenters. The first-order valence-electron chi connectivity index (χ1n) is 10.2. The van der Waals surface area contributed by atoms with Crippen LogP contribution in [0.3, 0.4) is 0 Å². The number of ether oxygens (including phenoxy) is 1. The Balaban J connectivity index is 1.80. The van der Waals surface area contributed by atoms with Gasteiger partial charge >= 0.3 is 5.97 Å². The molecule has 154 valence electrons.